The number of nitro benzene ring substituents is 1. The fourth-order valence-electron chi connectivity index (χ4n) is 5.79. The molecule has 3 aliphatic rings. The molecule has 3 saturated heterocycles. The standard InChI is InChI=1S/C26H32N4O4/c31-26(21-10-11-23(25(18-21)30(32)33)27-14-16-34-17-15-27)29-13-5-9-24(29)22-8-4-12-28(22)19-20-6-2-1-3-7-20/h1-3,6-7,10-11,18,22,24H,4-5,8-9,12-17,19H2. The average molecular weight is 465 g/mol. The van der Waals surface area contributed by atoms with Gasteiger partial charge in [0.05, 0.1) is 18.1 Å². The zero-order chi connectivity index (χ0) is 23.5. The highest BCUT2D eigenvalue weighted by atomic mass is 16.6. The SMILES string of the molecule is O=C(c1ccc(N2CCOCC2)c([N+](=O)[O-])c1)N1CCCC1C1CCCN1Cc1ccccc1. The van der Waals surface area contributed by atoms with E-state index in [1.807, 2.05) is 15.9 Å². The van der Waals surface area contributed by atoms with Gasteiger partial charge in [0, 0.05) is 49.9 Å². The zero-order valence-electron chi connectivity index (χ0n) is 19.5. The van der Waals surface area contributed by atoms with Crippen molar-refractivity contribution in [2.45, 2.75) is 44.3 Å². The number of morpholine rings is 1. The van der Waals surface area contributed by atoms with Gasteiger partial charge < -0.3 is 14.5 Å². The van der Waals surface area contributed by atoms with Gasteiger partial charge in [-0.2, -0.15) is 0 Å². The number of nitrogens with zero attached hydrogens (tertiary/aromatic N) is 4. The van der Waals surface area contributed by atoms with E-state index in [1.54, 1.807) is 12.1 Å². The molecule has 34 heavy (non-hydrogen) atoms. The molecule has 0 bridgehead atoms. The van der Waals surface area contributed by atoms with Gasteiger partial charge in [0.2, 0.25) is 0 Å². The first-order valence-electron chi connectivity index (χ1n) is 12.3. The largest absolute Gasteiger partial charge is 0.378 e. The molecule has 3 aliphatic heterocycles. The number of ether oxygens (including phenoxy) is 1. The number of carbonyl (C=O) groups excluding carboxylic acids is 1. The molecule has 0 spiro atoms. The van der Waals surface area contributed by atoms with Crippen LogP contribution < -0.4 is 4.90 Å². The maximum atomic E-state index is 13.6. The number of nitro groups is 1. The Kier molecular flexibility index (Phi) is 6.78. The third-order valence-corrected chi connectivity index (χ3v) is 7.42. The first-order chi connectivity index (χ1) is 16.6. The third-order valence-electron chi connectivity index (χ3n) is 7.42. The molecule has 0 aliphatic carbocycles. The minimum atomic E-state index is -0.373. The van der Waals surface area contributed by atoms with E-state index >= 15 is 0 Å². The van der Waals surface area contributed by atoms with Crippen LogP contribution in [-0.2, 0) is 11.3 Å². The molecule has 8 nitrogen and oxygen atoms in total. The summed E-state index contributed by atoms with van der Waals surface area (Å²) >= 11 is 0. The van der Waals surface area contributed by atoms with Gasteiger partial charge in [-0.3, -0.25) is 19.8 Å². The van der Waals surface area contributed by atoms with Crippen LogP contribution in [0.25, 0.3) is 0 Å². The summed E-state index contributed by atoms with van der Waals surface area (Å²) in [6.07, 6.45) is 4.17. The Labute approximate surface area is 200 Å². The lowest BCUT2D eigenvalue weighted by Gasteiger charge is -2.35. The minimum absolute atomic E-state index is 0.00457. The maximum Gasteiger partial charge on any atom is 0.293 e. The summed E-state index contributed by atoms with van der Waals surface area (Å²) in [5, 5.41) is 11.9. The van der Waals surface area contributed by atoms with Crippen molar-refractivity contribution < 1.29 is 14.5 Å². The predicted octanol–water partition coefficient (Wildman–Crippen LogP) is 3.70. The number of amides is 1. The highest BCUT2D eigenvalue weighted by Gasteiger charge is 2.40. The highest BCUT2D eigenvalue weighted by Crippen LogP contribution is 2.34. The van der Waals surface area contributed by atoms with Gasteiger partial charge in [0.25, 0.3) is 11.6 Å². The summed E-state index contributed by atoms with van der Waals surface area (Å²) in [5.41, 5.74) is 2.26. The van der Waals surface area contributed by atoms with E-state index < -0.39 is 0 Å². The molecule has 2 aromatic carbocycles. The van der Waals surface area contributed by atoms with E-state index in [2.05, 4.69) is 29.2 Å². The third kappa shape index (κ3) is 4.65. The fraction of sp³-hybridized carbons (Fsp3) is 0.500. The van der Waals surface area contributed by atoms with Crippen molar-refractivity contribution in [1.29, 1.82) is 0 Å². The van der Waals surface area contributed by atoms with Gasteiger partial charge in [-0.15, -0.1) is 0 Å². The van der Waals surface area contributed by atoms with Crippen molar-refractivity contribution in [3.8, 4) is 0 Å². The Bertz CT molecular complexity index is 1020. The highest BCUT2D eigenvalue weighted by molar-refractivity contribution is 5.96. The maximum absolute atomic E-state index is 13.6. The Hall–Kier alpha value is -2.97. The molecule has 3 fully saturated rings. The number of carbonyl (C=O) groups is 1. The monoisotopic (exact) mass is 464 g/mol. The van der Waals surface area contributed by atoms with Gasteiger partial charge in [-0.25, -0.2) is 0 Å². The number of likely N-dealkylation sites (tertiary alicyclic amines) is 2. The van der Waals surface area contributed by atoms with E-state index in [4.69, 9.17) is 4.74 Å². The number of anilines is 1. The Morgan fingerprint density at radius 3 is 2.47 bits per heavy atom. The van der Waals surface area contributed by atoms with Crippen LogP contribution in [0.1, 0.15) is 41.6 Å². The van der Waals surface area contributed by atoms with Crippen molar-refractivity contribution in [3.63, 3.8) is 0 Å². The van der Waals surface area contributed by atoms with Crippen LogP contribution in [0.3, 0.4) is 0 Å². The summed E-state index contributed by atoms with van der Waals surface area (Å²) < 4.78 is 5.38. The second-order valence-electron chi connectivity index (χ2n) is 9.43. The Morgan fingerprint density at radius 2 is 1.71 bits per heavy atom. The quantitative estimate of drug-likeness (QED) is 0.479. The fourth-order valence-corrected chi connectivity index (χ4v) is 5.79. The molecule has 8 heteroatoms. The predicted molar refractivity (Wildman–Crippen MR) is 130 cm³/mol. The molecule has 0 aromatic heterocycles. The molecule has 1 amide bonds. The molecule has 180 valence electrons. The smallest absolute Gasteiger partial charge is 0.293 e. The van der Waals surface area contributed by atoms with Crippen LogP contribution in [0.2, 0.25) is 0 Å². The lowest BCUT2D eigenvalue weighted by Crippen LogP contribution is -2.48. The van der Waals surface area contributed by atoms with E-state index in [1.165, 1.54) is 11.6 Å². The van der Waals surface area contributed by atoms with Crippen LogP contribution in [0.4, 0.5) is 11.4 Å². The van der Waals surface area contributed by atoms with Crippen LogP contribution in [0.15, 0.2) is 48.5 Å². The van der Waals surface area contributed by atoms with Gasteiger partial charge in [0.1, 0.15) is 5.69 Å². The van der Waals surface area contributed by atoms with Crippen LogP contribution in [0, 0.1) is 10.1 Å². The molecular weight excluding hydrogens is 432 g/mol. The number of hydrogen-bond donors (Lipinski definition) is 0. The molecular formula is C26H32N4O4. The van der Waals surface area contributed by atoms with E-state index in [9.17, 15) is 14.9 Å². The van der Waals surface area contributed by atoms with Crippen LogP contribution in [-0.4, -0.2) is 72.1 Å². The summed E-state index contributed by atoms with van der Waals surface area (Å²) in [6.45, 7) is 4.96. The van der Waals surface area contributed by atoms with Crippen molar-refractivity contribution in [3.05, 3.63) is 69.8 Å². The normalized spacial score (nSPS) is 23.4. The second-order valence-corrected chi connectivity index (χ2v) is 9.43. The van der Waals surface area contributed by atoms with Crippen LogP contribution >= 0.6 is 0 Å². The van der Waals surface area contributed by atoms with Crippen molar-refractivity contribution in [2.75, 3.05) is 44.3 Å². The molecule has 2 atom stereocenters. The summed E-state index contributed by atoms with van der Waals surface area (Å²) in [5.74, 6) is -0.0920. The van der Waals surface area contributed by atoms with Crippen molar-refractivity contribution in [2.24, 2.45) is 0 Å². The summed E-state index contributed by atoms with van der Waals surface area (Å²) in [4.78, 5) is 31.5. The van der Waals surface area contributed by atoms with Gasteiger partial charge in [-0.1, -0.05) is 30.3 Å². The second kappa shape index (κ2) is 10.1. The number of hydrogen-bond acceptors (Lipinski definition) is 6. The van der Waals surface area contributed by atoms with Crippen molar-refractivity contribution in [1.82, 2.24) is 9.80 Å². The molecule has 0 N–H and O–H groups in total. The van der Waals surface area contributed by atoms with Gasteiger partial charge in [-0.05, 0) is 49.9 Å². The lowest BCUT2D eigenvalue weighted by atomic mass is 10.0. The molecule has 5 rings (SSSR count). The number of rotatable bonds is 6. The molecule has 0 radical (unpaired) electrons. The first-order valence-corrected chi connectivity index (χ1v) is 12.3. The van der Waals surface area contributed by atoms with Crippen molar-refractivity contribution >= 4 is 17.3 Å². The van der Waals surface area contributed by atoms with Gasteiger partial charge in [0.15, 0.2) is 0 Å². The van der Waals surface area contributed by atoms with E-state index in [-0.39, 0.29) is 22.6 Å². The minimum Gasteiger partial charge on any atom is -0.378 e. The first kappa shape index (κ1) is 22.8. The summed E-state index contributed by atoms with van der Waals surface area (Å²) in [6, 6.07) is 15.9. The summed E-state index contributed by atoms with van der Waals surface area (Å²) in [7, 11) is 0. The Morgan fingerprint density at radius 1 is 0.971 bits per heavy atom. The topological polar surface area (TPSA) is 79.2 Å². The Balaban J connectivity index is 1.35. The molecule has 2 aromatic rings. The number of benzene rings is 2. The lowest BCUT2D eigenvalue weighted by molar-refractivity contribution is -0.384. The molecule has 0 saturated carbocycles. The van der Waals surface area contributed by atoms with E-state index in [0.717, 1.165) is 38.8 Å². The van der Waals surface area contributed by atoms with E-state index in [0.29, 0.717) is 50.1 Å². The molecule has 3 heterocycles. The average Bonchev–Trinajstić information content (AvgIpc) is 3.54. The molecule has 2 unspecified atom stereocenters. The zero-order valence-corrected chi connectivity index (χ0v) is 19.5. The van der Waals surface area contributed by atoms with Gasteiger partial charge >= 0.3 is 0 Å². The van der Waals surface area contributed by atoms with Crippen LogP contribution in [0.5, 0.6) is 0 Å².